The Morgan fingerprint density at radius 3 is 1.94 bits per heavy atom. The van der Waals surface area contributed by atoms with Crippen molar-refractivity contribution < 1.29 is 5.11 Å². The molecular formula is C32H43NO. The van der Waals surface area contributed by atoms with Crippen molar-refractivity contribution >= 4 is 0 Å². The lowest BCUT2D eigenvalue weighted by molar-refractivity contribution is 0.0239. The molecule has 0 aliphatic carbocycles. The number of benzene rings is 2. The molecule has 0 spiro atoms. The molecule has 1 heterocycles. The first-order valence-electron chi connectivity index (χ1n) is 13.2. The van der Waals surface area contributed by atoms with Crippen LogP contribution in [0.4, 0.5) is 0 Å². The molecule has 2 nitrogen and oxygen atoms in total. The Labute approximate surface area is 207 Å². The van der Waals surface area contributed by atoms with Crippen molar-refractivity contribution in [2.45, 2.75) is 97.5 Å². The molecule has 0 atom stereocenters. The van der Waals surface area contributed by atoms with E-state index in [4.69, 9.17) is 0 Å². The molecule has 0 saturated heterocycles. The van der Waals surface area contributed by atoms with Gasteiger partial charge in [0, 0.05) is 23.4 Å². The van der Waals surface area contributed by atoms with Gasteiger partial charge >= 0.3 is 0 Å². The zero-order valence-corrected chi connectivity index (χ0v) is 22.1. The van der Waals surface area contributed by atoms with Crippen LogP contribution in [-0.2, 0) is 18.3 Å². The van der Waals surface area contributed by atoms with Crippen molar-refractivity contribution in [1.82, 2.24) is 4.98 Å². The number of aliphatic hydroxyl groups is 1. The predicted octanol–water partition coefficient (Wildman–Crippen LogP) is 8.21. The summed E-state index contributed by atoms with van der Waals surface area (Å²) in [7, 11) is 0. The predicted molar refractivity (Wildman–Crippen MR) is 145 cm³/mol. The highest BCUT2D eigenvalue weighted by atomic mass is 16.3. The third-order valence-corrected chi connectivity index (χ3v) is 8.25. The van der Waals surface area contributed by atoms with E-state index in [-0.39, 0.29) is 5.41 Å². The van der Waals surface area contributed by atoms with Crippen LogP contribution in [-0.4, -0.2) is 15.7 Å². The van der Waals surface area contributed by atoms with Gasteiger partial charge in [0.2, 0.25) is 0 Å². The lowest BCUT2D eigenvalue weighted by Crippen LogP contribution is -2.27. The first kappa shape index (κ1) is 26.2. The normalized spacial score (nSPS) is 12.2. The minimum atomic E-state index is -0.546. The maximum Gasteiger partial charge on any atom is 0.0645 e. The number of rotatable bonds is 11. The first-order chi connectivity index (χ1) is 16.3. The molecule has 2 heteroatoms. The van der Waals surface area contributed by atoms with E-state index in [1.165, 1.54) is 38.9 Å². The fourth-order valence-corrected chi connectivity index (χ4v) is 5.30. The van der Waals surface area contributed by atoms with E-state index < -0.39 is 5.60 Å². The largest absolute Gasteiger partial charge is 0.390 e. The van der Waals surface area contributed by atoms with E-state index >= 15 is 0 Å². The van der Waals surface area contributed by atoms with Gasteiger partial charge in [0.15, 0.2) is 0 Å². The minimum Gasteiger partial charge on any atom is -0.390 e. The highest BCUT2D eigenvalue weighted by Gasteiger charge is 2.31. The summed E-state index contributed by atoms with van der Waals surface area (Å²) in [5.41, 5.74) is 8.57. The third-order valence-electron chi connectivity index (χ3n) is 8.25. The fourth-order valence-electron chi connectivity index (χ4n) is 5.30. The molecule has 34 heavy (non-hydrogen) atoms. The van der Waals surface area contributed by atoms with Crippen LogP contribution in [0.15, 0.2) is 60.9 Å². The molecular weight excluding hydrogens is 414 g/mol. The standard InChI is InChI=1S/C32H43NO/c1-7-25-21-28(23-33-22-25)27-13-15-29(16-14-27)32(10-4,11-5)30-17-12-26(24(6)20-30)18-19-31(34,8-2)9-3/h12-17,20-23,34H,7-11,18-19H2,1-6H3. The zero-order valence-electron chi connectivity index (χ0n) is 22.1. The summed E-state index contributed by atoms with van der Waals surface area (Å²) >= 11 is 0. The molecule has 1 N–H and O–H groups in total. The highest BCUT2D eigenvalue weighted by Crippen LogP contribution is 2.40. The van der Waals surface area contributed by atoms with Crippen molar-refractivity contribution in [3.8, 4) is 11.1 Å². The van der Waals surface area contributed by atoms with Crippen molar-refractivity contribution in [1.29, 1.82) is 0 Å². The fraction of sp³-hybridized carbons (Fsp3) is 0.469. The molecule has 0 radical (unpaired) electrons. The van der Waals surface area contributed by atoms with Gasteiger partial charge in [0.1, 0.15) is 0 Å². The number of aryl methyl sites for hydroxylation is 3. The Morgan fingerprint density at radius 2 is 1.38 bits per heavy atom. The maximum absolute atomic E-state index is 10.7. The monoisotopic (exact) mass is 457 g/mol. The van der Waals surface area contributed by atoms with Crippen LogP contribution in [0, 0.1) is 6.92 Å². The van der Waals surface area contributed by atoms with E-state index in [1.807, 2.05) is 12.4 Å². The van der Waals surface area contributed by atoms with Crippen molar-refractivity contribution in [3.63, 3.8) is 0 Å². The highest BCUT2D eigenvalue weighted by molar-refractivity contribution is 5.64. The Hall–Kier alpha value is -2.45. The van der Waals surface area contributed by atoms with Crippen LogP contribution in [0.1, 0.15) is 94.5 Å². The first-order valence-corrected chi connectivity index (χ1v) is 13.2. The Kier molecular flexibility index (Phi) is 8.71. The van der Waals surface area contributed by atoms with Gasteiger partial charge in [-0.15, -0.1) is 0 Å². The van der Waals surface area contributed by atoms with Crippen LogP contribution in [0.25, 0.3) is 11.1 Å². The molecule has 0 unspecified atom stereocenters. The summed E-state index contributed by atoms with van der Waals surface area (Å²) in [5.74, 6) is 0. The Morgan fingerprint density at radius 1 is 0.735 bits per heavy atom. The smallest absolute Gasteiger partial charge is 0.0645 e. The van der Waals surface area contributed by atoms with Gasteiger partial charge < -0.3 is 5.11 Å². The number of aromatic nitrogens is 1. The van der Waals surface area contributed by atoms with Crippen molar-refractivity contribution in [3.05, 3.63) is 88.7 Å². The molecule has 1 aromatic heterocycles. The van der Waals surface area contributed by atoms with Crippen molar-refractivity contribution in [2.24, 2.45) is 0 Å². The van der Waals surface area contributed by atoms with E-state index in [0.29, 0.717) is 0 Å². The summed E-state index contributed by atoms with van der Waals surface area (Å²) in [6.07, 6.45) is 10.4. The lowest BCUT2D eigenvalue weighted by atomic mass is 9.70. The minimum absolute atomic E-state index is 0.00108. The average molecular weight is 458 g/mol. The molecule has 182 valence electrons. The molecule has 0 aliphatic heterocycles. The molecule has 0 aliphatic rings. The SMILES string of the molecule is CCc1cncc(-c2ccc(C(CC)(CC)c3ccc(CCC(O)(CC)CC)c(C)c3)cc2)c1. The average Bonchev–Trinajstić information content (AvgIpc) is 2.89. The molecule has 2 aromatic carbocycles. The van der Waals surface area contributed by atoms with Gasteiger partial charge in [-0.1, -0.05) is 77.1 Å². The number of hydrogen-bond acceptors (Lipinski definition) is 2. The lowest BCUT2D eigenvalue weighted by Gasteiger charge is -2.34. The van der Waals surface area contributed by atoms with Crippen LogP contribution in [0.2, 0.25) is 0 Å². The van der Waals surface area contributed by atoms with E-state index in [2.05, 4.69) is 95.1 Å². The van der Waals surface area contributed by atoms with Crippen LogP contribution < -0.4 is 0 Å². The third kappa shape index (κ3) is 5.44. The van der Waals surface area contributed by atoms with E-state index in [1.54, 1.807) is 0 Å². The van der Waals surface area contributed by atoms with Crippen LogP contribution in [0.3, 0.4) is 0 Å². The topological polar surface area (TPSA) is 33.1 Å². The van der Waals surface area contributed by atoms with Gasteiger partial charge in [-0.25, -0.2) is 0 Å². The molecule has 0 fully saturated rings. The molecule has 3 aromatic rings. The van der Waals surface area contributed by atoms with Gasteiger partial charge in [-0.2, -0.15) is 0 Å². The molecule has 0 bridgehead atoms. The maximum atomic E-state index is 10.7. The second kappa shape index (κ2) is 11.3. The van der Waals surface area contributed by atoms with Crippen molar-refractivity contribution in [2.75, 3.05) is 0 Å². The second-order valence-corrected chi connectivity index (χ2v) is 9.87. The van der Waals surface area contributed by atoms with Crippen LogP contribution >= 0.6 is 0 Å². The number of pyridine rings is 1. The summed E-state index contributed by atoms with van der Waals surface area (Å²) < 4.78 is 0. The van der Waals surface area contributed by atoms with Gasteiger partial charge in [-0.3, -0.25) is 4.98 Å². The summed E-state index contributed by atoms with van der Waals surface area (Å²) in [6, 6.07) is 18.4. The summed E-state index contributed by atoms with van der Waals surface area (Å²) in [4.78, 5) is 4.43. The van der Waals surface area contributed by atoms with E-state index in [9.17, 15) is 5.11 Å². The Bertz CT molecular complexity index is 1060. The summed E-state index contributed by atoms with van der Waals surface area (Å²) in [6.45, 7) is 13.2. The molecule has 3 rings (SSSR count). The van der Waals surface area contributed by atoms with Crippen LogP contribution in [0.5, 0.6) is 0 Å². The van der Waals surface area contributed by atoms with Gasteiger partial charge in [-0.05, 0) is 91.3 Å². The molecule has 0 saturated carbocycles. The second-order valence-electron chi connectivity index (χ2n) is 9.87. The van der Waals surface area contributed by atoms with Gasteiger partial charge in [0.25, 0.3) is 0 Å². The van der Waals surface area contributed by atoms with Gasteiger partial charge in [0.05, 0.1) is 5.60 Å². The zero-order chi connectivity index (χ0) is 24.8. The molecule has 0 amide bonds. The number of nitrogens with zero attached hydrogens (tertiary/aromatic N) is 1. The quantitative estimate of drug-likeness (QED) is 0.315. The summed E-state index contributed by atoms with van der Waals surface area (Å²) in [5, 5.41) is 10.7. The Balaban J connectivity index is 1.90. The number of hydrogen-bond donors (Lipinski definition) is 1. The van der Waals surface area contributed by atoms with E-state index in [0.717, 1.165) is 44.9 Å².